The number of thiocarbonyl (C=S) groups is 1. The van der Waals surface area contributed by atoms with Crippen molar-refractivity contribution in [3.8, 4) is 0 Å². The van der Waals surface area contributed by atoms with Gasteiger partial charge in [-0.2, -0.15) is 0 Å². The second kappa shape index (κ2) is 5.15. The first kappa shape index (κ1) is 12.8. The minimum absolute atomic E-state index is 0.165. The van der Waals surface area contributed by atoms with Crippen molar-refractivity contribution >= 4 is 17.4 Å². The van der Waals surface area contributed by atoms with E-state index in [-0.39, 0.29) is 5.60 Å². The lowest BCUT2D eigenvalue weighted by atomic mass is 9.98. The molecule has 2 nitrogen and oxygen atoms in total. The summed E-state index contributed by atoms with van der Waals surface area (Å²) in [6, 6.07) is 0.639. The molecule has 1 unspecified atom stereocenters. The molecule has 15 heavy (non-hydrogen) atoms. The van der Waals surface area contributed by atoms with Gasteiger partial charge in [-0.1, -0.05) is 19.8 Å². The van der Waals surface area contributed by atoms with Gasteiger partial charge in [0.1, 0.15) is 5.60 Å². The van der Waals surface area contributed by atoms with Gasteiger partial charge in [0.2, 0.25) is 0 Å². The standard InChI is InChI=1S/C12H23NOS/c1-5-6-7-10-8-9-13(10)11(15)14-12(2,3)4/h10H,5-9H2,1-4H3. The molecule has 0 spiro atoms. The molecule has 3 heteroatoms. The van der Waals surface area contributed by atoms with Gasteiger partial charge < -0.3 is 9.64 Å². The van der Waals surface area contributed by atoms with E-state index in [0.29, 0.717) is 11.2 Å². The van der Waals surface area contributed by atoms with E-state index < -0.39 is 0 Å². The van der Waals surface area contributed by atoms with Gasteiger partial charge in [0.25, 0.3) is 5.17 Å². The number of nitrogens with zero attached hydrogens (tertiary/aromatic N) is 1. The molecular formula is C12H23NOS. The van der Waals surface area contributed by atoms with Crippen LogP contribution in [-0.2, 0) is 4.74 Å². The zero-order chi connectivity index (χ0) is 11.5. The summed E-state index contributed by atoms with van der Waals surface area (Å²) in [7, 11) is 0. The maximum absolute atomic E-state index is 5.71. The van der Waals surface area contributed by atoms with Crippen LogP contribution in [0.25, 0.3) is 0 Å². The molecule has 0 saturated carbocycles. The van der Waals surface area contributed by atoms with Crippen molar-refractivity contribution < 1.29 is 4.74 Å². The van der Waals surface area contributed by atoms with E-state index in [1.165, 1.54) is 25.7 Å². The Labute approximate surface area is 99.0 Å². The van der Waals surface area contributed by atoms with Crippen LogP contribution in [0.15, 0.2) is 0 Å². The molecule has 0 aliphatic carbocycles. The van der Waals surface area contributed by atoms with E-state index in [1.807, 2.05) is 20.8 Å². The van der Waals surface area contributed by atoms with Crippen LogP contribution >= 0.6 is 12.2 Å². The van der Waals surface area contributed by atoms with Gasteiger partial charge >= 0.3 is 0 Å². The molecule has 1 fully saturated rings. The third kappa shape index (κ3) is 3.98. The molecule has 1 atom stereocenters. The zero-order valence-corrected chi connectivity index (χ0v) is 11.2. The van der Waals surface area contributed by atoms with Gasteiger partial charge in [0, 0.05) is 12.6 Å². The number of rotatable bonds is 3. The highest BCUT2D eigenvalue weighted by atomic mass is 32.1. The van der Waals surface area contributed by atoms with Crippen molar-refractivity contribution in [3.63, 3.8) is 0 Å². The summed E-state index contributed by atoms with van der Waals surface area (Å²) in [5.74, 6) is 0. The largest absolute Gasteiger partial charge is 0.465 e. The van der Waals surface area contributed by atoms with E-state index in [9.17, 15) is 0 Å². The first-order valence-corrected chi connectivity index (χ1v) is 6.34. The lowest BCUT2D eigenvalue weighted by Gasteiger charge is -2.43. The SMILES string of the molecule is CCCCC1CCN1C(=S)OC(C)(C)C. The number of unbranched alkanes of at least 4 members (excludes halogenated alkanes) is 1. The van der Waals surface area contributed by atoms with Crippen molar-refractivity contribution in [2.75, 3.05) is 6.54 Å². The highest BCUT2D eigenvalue weighted by molar-refractivity contribution is 7.80. The summed E-state index contributed by atoms with van der Waals surface area (Å²) in [6.07, 6.45) is 5.08. The second-order valence-corrected chi connectivity index (χ2v) is 5.61. The van der Waals surface area contributed by atoms with Crippen molar-refractivity contribution in [3.05, 3.63) is 0 Å². The van der Waals surface area contributed by atoms with Gasteiger partial charge in [0.15, 0.2) is 0 Å². The van der Waals surface area contributed by atoms with E-state index in [1.54, 1.807) is 0 Å². The number of ether oxygens (including phenoxy) is 1. The quantitative estimate of drug-likeness (QED) is 0.689. The van der Waals surface area contributed by atoms with Crippen molar-refractivity contribution in [1.29, 1.82) is 0 Å². The van der Waals surface area contributed by atoms with E-state index >= 15 is 0 Å². The van der Waals surface area contributed by atoms with Crippen molar-refractivity contribution in [2.45, 2.75) is 65.0 Å². The predicted octanol–water partition coefficient (Wildman–Crippen LogP) is 3.35. The van der Waals surface area contributed by atoms with E-state index in [0.717, 1.165) is 6.54 Å². The topological polar surface area (TPSA) is 12.5 Å². The summed E-state index contributed by atoms with van der Waals surface area (Å²) in [6.45, 7) is 9.43. The van der Waals surface area contributed by atoms with E-state index in [4.69, 9.17) is 17.0 Å². The van der Waals surface area contributed by atoms with Crippen LogP contribution in [0.2, 0.25) is 0 Å². The van der Waals surface area contributed by atoms with Crippen LogP contribution in [0, 0.1) is 0 Å². The molecule has 1 aliphatic heterocycles. The van der Waals surface area contributed by atoms with Gasteiger partial charge in [-0.25, -0.2) is 0 Å². The Morgan fingerprint density at radius 3 is 2.53 bits per heavy atom. The number of likely N-dealkylation sites (tertiary alicyclic amines) is 1. The minimum Gasteiger partial charge on any atom is -0.465 e. The Balaban J connectivity index is 2.34. The van der Waals surface area contributed by atoms with Gasteiger partial charge in [-0.15, -0.1) is 0 Å². The van der Waals surface area contributed by atoms with Crippen LogP contribution < -0.4 is 0 Å². The molecule has 88 valence electrons. The van der Waals surface area contributed by atoms with Crippen molar-refractivity contribution in [1.82, 2.24) is 4.90 Å². The highest BCUT2D eigenvalue weighted by Gasteiger charge is 2.31. The zero-order valence-electron chi connectivity index (χ0n) is 10.4. The molecule has 1 saturated heterocycles. The Morgan fingerprint density at radius 1 is 1.47 bits per heavy atom. The third-order valence-electron chi connectivity index (χ3n) is 2.66. The van der Waals surface area contributed by atoms with E-state index in [2.05, 4.69) is 11.8 Å². The lowest BCUT2D eigenvalue weighted by Crippen LogP contribution is -2.52. The summed E-state index contributed by atoms with van der Waals surface area (Å²) in [4.78, 5) is 2.23. The van der Waals surface area contributed by atoms with Crippen LogP contribution in [0.1, 0.15) is 53.4 Å². The molecule has 0 N–H and O–H groups in total. The highest BCUT2D eigenvalue weighted by Crippen LogP contribution is 2.25. The number of hydrogen-bond donors (Lipinski definition) is 0. The molecule has 1 rings (SSSR count). The molecule has 0 aromatic heterocycles. The Bertz CT molecular complexity index is 222. The smallest absolute Gasteiger partial charge is 0.260 e. The minimum atomic E-state index is -0.165. The van der Waals surface area contributed by atoms with Gasteiger partial charge in [-0.3, -0.25) is 0 Å². The summed E-state index contributed by atoms with van der Waals surface area (Å²) >= 11 is 5.31. The third-order valence-corrected chi connectivity index (χ3v) is 2.98. The maximum Gasteiger partial charge on any atom is 0.260 e. The Hall–Kier alpha value is -0.310. The normalized spacial score (nSPS) is 21.1. The Morgan fingerprint density at radius 2 is 2.13 bits per heavy atom. The molecular weight excluding hydrogens is 206 g/mol. The van der Waals surface area contributed by atoms with Gasteiger partial charge in [0.05, 0.1) is 0 Å². The average Bonchev–Trinajstić information content (AvgIpc) is 1.98. The number of hydrogen-bond acceptors (Lipinski definition) is 2. The van der Waals surface area contributed by atoms with Crippen LogP contribution in [0.4, 0.5) is 0 Å². The molecule has 0 radical (unpaired) electrons. The van der Waals surface area contributed by atoms with Crippen LogP contribution in [0.3, 0.4) is 0 Å². The summed E-state index contributed by atoms with van der Waals surface area (Å²) < 4.78 is 5.71. The van der Waals surface area contributed by atoms with Crippen molar-refractivity contribution in [2.24, 2.45) is 0 Å². The fourth-order valence-electron chi connectivity index (χ4n) is 1.74. The fraction of sp³-hybridized carbons (Fsp3) is 0.917. The fourth-order valence-corrected chi connectivity index (χ4v) is 2.23. The summed E-state index contributed by atoms with van der Waals surface area (Å²) in [5, 5.41) is 0.690. The monoisotopic (exact) mass is 229 g/mol. The average molecular weight is 229 g/mol. The second-order valence-electron chi connectivity index (χ2n) is 5.26. The summed E-state index contributed by atoms with van der Waals surface area (Å²) in [5.41, 5.74) is -0.165. The lowest BCUT2D eigenvalue weighted by molar-refractivity contribution is 0.0576. The molecule has 1 heterocycles. The Kier molecular flexibility index (Phi) is 4.38. The first-order valence-electron chi connectivity index (χ1n) is 5.93. The maximum atomic E-state index is 5.71. The molecule has 0 amide bonds. The molecule has 0 bridgehead atoms. The first-order chi connectivity index (χ1) is 6.94. The predicted molar refractivity (Wildman–Crippen MR) is 68.1 cm³/mol. The van der Waals surface area contributed by atoms with Crippen LogP contribution in [-0.4, -0.2) is 28.3 Å². The molecule has 1 aliphatic rings. The molecule has 0 aromatic carbocycles. The molecule has 0 aromatic rings. The van der Waals surface area contributed by atoms with Crippen LogP contribution in [0.5, 0.6) is 0 Å². The van der Waals surface area contributed by atoms with Gasteiger partial charge in [-0.05, 0) is 45.8 Å².